The molecule has 10 heteroatoms. The van der Waals surface area contributed by atoms with Crippen molar-refractivity contribution in [2.75, 3.05) is 31.1 Å². The first-order valence-corrected chi connectivity index (χ1v) is 15.5. The summed E-state index contributed by atoms with van der Waals surface area (Å²) in [5, 5.41) is 14.7. The normalized spacial score (nSPS) is 15.8. The van der Waals surface area contributed by atoms with Gasteiger partial charge in [-0.3, -0.25) is 4.90 Å². The van der Waals surface area contributed by atoms with E-state index in [9.17, 15) is 9.90 Å². The Morgan fingerprint density at radius 2 is 1.75 bits per heavy atom. The van der Waals surface area contributed by atoms with Crippen LogP contribution < -0.4 is 4.90 Å². The Morgan fingerprint density at radius 1 is 1.07 bits per heavy atom. The quantitative estimate of drug-likeness (QED) is 0.236. The molecule has 5 rings (SSSR count). The topological polar surface area (TPSA) is 78.8 Å². The van der Waals surface area contributed by atoms with Crippen molar-refractivity contribution < 1.29 is 14.6 Å². The van der Waals surface area contributed by atoms with Crippen LogP contribution in [0.4, 0.5) is 5.82 Å². The van der Waals surface area contributed by atoms with E-state index in [-0.39, 0.29) is 0 Å². The van der Waals surface area contributed by atoms with E-state index in [0.717, 1.165) is 68.9 Å². The van der Waals surface area contributed by atoms with Crippen molar-refractivity contribution in [3.8, 4) is 21.1 Å². The van der Waals surface area contributed by atoms with Gasteiger partial charge in [0.25, 0.3) is 0 Å². The second-order valence-corrected chi connectivity index (χ2v) is 13.7. The molecule has 0 spiro atoms. The molecular weight excluding hydrogens is 564 g/mol. The predicted octanol–water partition coefficient (Wildman–Crippen LogP) is 7.52. The van der Waals surface area contributed by atoms with Crippen LogP contribution in [-0.4, -0.2) is 63.8 Å². The first-order valence-electron chi connectivity index (χ1n) is 13.5. The summed E-state index contributed by atoms with van der Waals surface area (Å²) in [4.78, 5) is 27.4. The van der Waals surface area contributed by atoms with E-state index in [4.69, 9.17) is 26.3 Å². The SMILES string of the molecule is Cc1cc2nc(-c3nc(N4CCN(C(C)C)CC4)cs3)sc2c(-c2ccc(Cl)cc2)c1C(OC(C)(C)C)C(=O)O. The van der Waals surface area contributed by atoms with Crippen LogP contribution in [0.3, 0.4) is 0 Å². The number of anilines is 1. The number of carboxylic acid groups (broad SMARTS) is 1. The highest BCUT2D eigenvalue weighted by Gasteiger charge is 2.32. The number of halogens is 1. The van der Waals surface area contributed by atoms with E-state index in [1.54, 1.807) is 11.3 Å². The highest BCUT2D eigenvalue weighted by molar-refractivity contribution is 7.25. The Bertz CT molecular complexity index is 1520. The van der Waals surface area contributed by atoms with E-state index in [1.807, 2.05) is 58.0 Å². The van der Waals surface area contributed by atoms with Gasteiger partial charge in [-0.2, -0.15) is 0 Å². The van der Waals surface area contributed by atoms with Gasteiger partial charge < -0.3 is 14.7 Å². The van der Waals surface area contributed by atoms with Crippen LogP contribution in [0.1, 0.15) is 51.8 Å². The minimum absolute atomic E-state index is 0.550. The Balaban J connectivity index is 1.59. The van der Waals surface area contributed by atoms with E-state index in [2.05, 4.69) is 29.0 Å². The minimum atomic E-state index is -1.14. The van der Waals surface area contributed by atoms with Crippen molar-refractivity contribution in [2.45, 2.75) is 59.3 Å². The van der Waals surface area contributed by atoms with Crippen molar-refractivity contribution in [1.29, 1.82) is 0 Å². The van der Waals surface area contributed by atoms with Gasteiger partial charge in [0.15, 0.2) is 16.1 Å². The zero-order chi connectivity index (χ0) is 28.8. The van der Waals surface area contributed by atoms with Gasteiger partial charge in [-0.15, -0.1) is 22.7 Å². The number of nitrogens with zero attached hydrogens (tertiary/aromatic N) is 4. The molecule has 40 heavy (non-hydrogen) atoms. The fraction of sp³-hybridized carbons (Fsp3) is 0.433. The van der Waals surface area contributed by atoms with Crippen LogP contribution in [0.15, 0.2) is 35.7 Å². The van der Waals surface area contributed by atoms with Gasteiger partial charge in [-0.05, 0) is 70.9 Å². The van der Waals surface area contributed by atoms with Gasteiger partial charge in [-0.1, -0.05) is 23.7 Å². The second kappa shape index (κ2) is 11.4. The predicted molar refractivity (Wildman–Crippen MR) is 166 cm³/mol. The fourth-order valence-electron chi connectivity index (χ4n) is 5.11. The summed E-state index contributed by atoms with van der Waals surface area (Å²) in [6.45, 7) is 16.0. The molecule has 1 atom stereocenters. The summed E-state index contributed by atoms with van der Waals surface area (Å²) in [7, 11) is 0. The molecule has 1 N–H and O–H groups in total. The molecule has 0 amide bonds. The standard InChI is InChI=1S/C30H35ClN4O3S2/c1-17(2)34-11-13-35(14-12-34)22-16-39-27(33-22)28-32-21-15-18(3)23(25(29(36)37)38-30(4,5)6)24(26(21)40-28)19-7-9-20(31)10-8-19/h7-10,15-17,25H,11-14H2,1-6H3,(H,36,37). The third-order valence-corrected chi connectivity index (χ3v) is 9.38. The number of ether oxygens (including phenoxy) is 1. The van der Waals surface area contributed by atoms with Crippen molar-refractivity contribution in [2.24, 2.45) is 0 Å². The van der Waals surface area contributed by atoms with Gasteiger partial charge >= 0.3 is 5.97 Å². The third-order valence-electron chi connectivity index (χ3n) is 7.06. The lowest BCUT2D eigenvalue weighted by Crippen LogP contribution is -2.49. The maximum atomic E-state index is 12.6. The van der Waals surface area contributed by atoms with E-state index in [1.165, 1.54) is 11.3 Å². The summed E-state index contributed by atoms with van der Waals surface area (Å²) in [6.07, 6.45) is -1.14. The Morgan fingerprint density at radius 3 is 2.35 bits per heavy atom. The maximum absolute atomic E-state index is 12.6. The van der Waals surface area contributed by atoms with Gasteiger partial charge in [0.05, 0.1) is 15.8 Å². The highest BCUT2D eigenvalue weighted by atomic mass is 35.5. The zero-order valence-electron chi connectivity index (χ0n) is 23.7. The number of rotatable bonds is 7. The average molecular weight is 599 g/mol. The summed E-state index contributed by atoms with van der Waals surface area (Å²) in [5.41, 5.74) is 3.29. The molecule has 1 fully saturated rings. The van der Waals surface area contributed by atoms with Crippen LogP contribution in [0.2, 0.25) is 5.02 Å². The van der Waals surface area contributed by atoms with Crippen LogP contribution in [-0.2, 0) is 9.53 Å². The van der Waals surface area contributed by atoms with Crippen LogP contribution in [0.5, 0.6) is 0 Å². The molecule has 0 saturated carbocycles. The van der Waals surface area contributed by atoms with E-state index < -0.39 is 17.7 Å². The molecule has 0 bridgehead atoms. The zero-order valence-corrected chi connectivity index (χ0v) is 26.1. The largest absolute Gasteiger partial charge is 0.479 e. The van der Waals surface area contributed by atoms with Crippen molar-refractivity contribution >= 4 is 56.3 Å². The van der Waals surface area contributed by atoms with Crippen molar-refractivity contribution in [3.05, 3.63) is 51.9 Å². The molecule has 1 aliphatic heterocycles. The molecule has 3 heterocycles. The highest BCUT2D eigenvalue weighted by Crippen LogP contribution is 2.45. The monoisotopic (exact) mass is 598 g/mol. The Hall–Kier alpha value is -2.56. The van der Waals surface area contributed by atoms with Crippen LogP contribution in [0, 0.1) is 6.92 Å². The first kappa shape index (κ1) is 29.0. The molecular formula is C30H35ClN4O3S2. The molecule has 7 nitrogen and oxygen atoms in total. The molecule has 0 aliphatic carbocycles. The molecule has 1 unspecified atom stereocenters. The smallest absolute Gasteiger partial charge is 0.337 e. The number of carboxylic acids is 1. The van der Waals surface area contributed by atoms with Crippen molar-refractivity contribution in [1.82, 2.24) is 14.9 Å². The van der Waals surface area contributed by atoms with Gasteiger partial charge in [0.2, 0.25) is 0 Å². The van der Waals surface area contributed by atoms with Crippen LogP contribution >= 0.6 is 34.3 Å². The number of hydrogen-bond acceptors (Lipinski definition) is 8. The number of fused-ring (bicyclic) bond motifs is 1. The average Bonchev–Trinajstić information content (AvgIpc) is 3.54. The van der Waals surface area contributed by atoms with Gasteiger partial charge in [-0.25, -0.2) is 14.8 Å². The number of benzene rings is 2. The minimum Gasteiger partial charge on any atom is -0.479 e. The maximum Gasteiger partial charge on any atom is 0.337 e. The lowest BCUT2D eigenvalue weighted by atomic mass is 9.91. The number of aliphatic carboxylic acids is 1. The number of piperazine rings is 1. The van der Waals surface area contributed by atoms with E-state index in [0.29, 0.717) is 16.6 Å². The number of aromatic nitrogens is 2. The Kier molecular flexibility index (Phi) is 8.23. The summed E-state index contributed by atoms with van der Waals surface area (Å²) >= 11 is 9.35. The summed E-state index contributed by atoms with van der Waals surface area (Å²) < 4.78 is 7.03. The van der Waals surface area contributed by atoms with Gasteiger partial charge in [0, 0.05) is 53.8 Å². The summed E-state index contributed by atoms with van der Waals surface area (Å²) in [5.74, 6) is -0.0403. The third kappa shape index (κ3) is 6.04. The molecule has 4 aromatic rings. The second-order valence-electron chi connectivity index (χ2n) is 11.4. The number of hydrogen-bond donors (Lipinski definition) is 1. The fourth-order valence-corrected chi connectivity index (χ4v) is 7.22. The Labute approximate surface area is 248 Å². The molecule has 212 valence electrons. The lowest BCUT2D eigenvalue weighted by Gasteiger charge is -2.37. The summed E-state index contributed by atoms with van der Waals surface area (Å²) in [6, 6.07) is 10.0. The van der Waals surface area contributed by atoms with E-state index >= 15 is 0 Å². The molecule has 2 aromatic carbocycles. The molecule has 1 aliphatic rings. The lowest BCUT2D eigenvalue weighted by molar-refractivity contribution is -0.160. The van der Waals surface area contributed by atoms with Gasteiger partial charge in [0.1, 0.15) is 5.82 Å². The first-order chi connectivity index (χ1) is 18.9. The molecule has 1 saturated heterocycles. The molecule has 0 radical (unpaired) electrons. The number of carbonyl (C=O) groups is 1. The number of thiazole rings is 2. The molecule has 2 aromatic heterocycles. The number of aryl methyl sites for hydroxylation is 1. The van der Waals surface area contributed by atoms with Crippen LogP contribution in [0.25, 0.3) is 31.4 Å². The van der Waals surface area contributed by atoms with Crippen molar-refractivity contribution in [3.63, 3.8) is 0 Å².